The summed E-state index contributed by atoms with van der Waals surface area (Å²) in [6.45, 7) is 6.78. The second kappa shape index (κ2) is 11.4. The first-order valence-corrected chi connectivity index (χ1v) is 10.3. The molecule has 1 atom stereocenters. The van der Waals surface area contributed by atoms with Gasteiger partial charge in [-0.2, -0.15) is 0 Å². The molecule has 0 radical (unpaired) electrons. The van der Waals surface area contributed by atoms with Crippen molar-refractivity contribution in [3.05, 3.63) is 65.2 Å². The average molecular weight is 397 g/mol. The number of carbonyl (C=O) groups excluding carboxylic acids is 2. The van der Waals surface area contributed by atoms with Crippen molar-refractivity contribution in [1.82, 2.24) is 5.32 Å². The third-order valence-corrected chi connectivity index (χ3v) is 5.38. The zero-order valence-corrected chi connectivity index (χ0v) is 17.8. The molecule has 2 aromatic rings. The Kier molecular flexibility index (Phi) is 8.87. The molecular weight excluding hydrogens is 364 g/mol. The number of carbonyl (C=O) groups is 2. The number of amides is 2. The highest BCUT2D eigenvalue weighted by molar-refractivity contribution is 6.05. The van der Waals surface area contributed by atoms with Gasteiger partial charge in [0.2, 0.25) is 0 Å². The minimum atomic E-state index is -0.195. The first-order chi connectivity index (χ1) is 14.0. The van der Waals surface area contributed by atoms with Crippen LogP contribution in [0.5, 0.6) is 0 Å². The van der Waals surface area contributed by atoms with Gasteiger partial charge in [-0.1, -0.05) is 51.0 Å². The van der Waals surface area contributed by atoms with Gasteiger partial charge in [-0.15, -0.1) is 0 Å². The van der Waals surface area contributed by atoms with Gasteiger partial charge in [-0.05, 0) is 49.1 Å². The maximum Gasteiger partial charge on any atom is 0.255 e. The van der Waals surface area contributed by atoms with Gasteiger partial charge in [0.05, 0.1) is 6.10 Å². The summed E-state index contributed by atoms with van der Waals surface area (Å²) >= 11 is 0. The van der Waals surface area contributed by atoms with Crippen LogP contribution < -0.4 is 10.6 Å². The molecule has 0 aliphatic heterocycles. The molecule has 2 rings (SSSR count). The number of ether oxygens (including phenoxy) is 1. The van der Waals surface area contributed by atoms with Crippen LogP contribution in [-0.2, 0) is 4.74 Å². The van der Waals surface area contributed by atoms with E-state index in [2.05, 4.69) is 24.5 Å². The Labute approximate surface area is 173 Å². The summed E-state index contributed by atoms with van der Waals surface area (Å²) in [5, 5.41) is 5.86. The lowest BCUT2D eigenvalue weighted by Crippen LogP contribution is -2.31. The maximum atomic E-state index is 12.6. The van der Waals surface area contributed by atoms with Gasteiger partial charge >= 0.3 is 0 Å². The van der Waals surface area contributed by atoms with Crippen LogP contribution in [0.3, 0.4) is 0 Å². The number of benzene rings is 2. The lowest BCUT2D eigenvalue weighted by Gasteiger charge is -2.24. The number of hydrogen-bond acceptors (Lipinski definition) is 3. The van der Waals surface area contributed by atoms with E-state index in [0.29, 0.717) is 29.3 Å². The lowest BCUT2D eigenvalue weighted by molar-refractivity contribution is 0.0420. The van der Waals surface area contributed by atoms with Gasteiger partial charge in [-0.25, -0.2) is 0 Å². The Bertz CT molecular complexity index is 801. The van der Waals surface area contributed by atoms with Crippen molar-refractivity contribution in [3.63, 3.8) is 0 Å². The second-order valence-corrected chi connectivity index (χ2v) is 7.25. The van der Waals surface area contributed by atoms with Gasteiger partial charge < -0.3 is 15.4 Å². The van der Waals surface area contributed by atoms with Crippen LogP contribution in [0, 0.1) is 12.8 Å². The molecule has 0 saturated heterocycles. The molecule has 0 unspecified atom stereocenters. The van der Waals surface area contributed by atoms with Crippen LogP contribution in [0.15, 0.2) is 48.5 Å². The summed E-state index contributed by atoms with van der Waals surface area (Å²) < 4.78 is 5.60. The highest BCUT2D eigenvalue weighted by atomic mass is 16.5. The predicted molar refractivity (Wildman–Crippen MR) is 117 cm³/mol. The largest absolute Gasteiger partial charge is 0.381 e. The second-order valence-electron chi connectivity index (χ2n) is 7.25. The summed E-state index contributed by atoms with van der Waals surface area (Å²) in [5.41, 5.74) is 2.64. The van der Waals surface area contributed by atoms with Gasteiger partial charge in [-0.3, -0.25) is 9.59 Å². The van der Waals surface area contributed by atoms with Crippen LogP contribution in [0.2, 0.25) is 0 Å². The van der Waals surface area contributed by atoms with Crippen LogP contribution in [0.25, 0.3) is 0 Å². The highest BCUT2D eigenvalue weighted by Gasteiger charge is 2.18. The Morgan fingerprint density at radius 1 is 0.966 bits per heavy atom. The zero-order chi connectivity index (χ0) is 21.2. The van der Waals surface area contributed by atoms with E-state index in [1.807, 2.05) is 31.2 Å². The summed E-state index contributed by atoms with van der Waals surface area (Å²) in [4.78, 5) is 25.0. The molecule has 0 saturated carbocycles. The minimum Gasteiger partial charge on any atom is -0.381 e. The number of methoxy groups -OCH3 is 1. The SMILES string of the molecule is CCC(CC)[C@@H](CCNC(=O)c1ccc(C)c(NC(=O)c2ccccc2)c1)OC. The molecule has 5 heteroatoms. The number of aryl methyl sites for hydroxylation is 1. The van der Waals surface area contributed by atoms with Crippen molar-refractivity contribution in [2.24, 2.45) is 5.92 Å². The first kappa shape index (κ1) is 22.6. The van der Waals surface area contributed by atoms with Gasteiger partial charge in [0, 0.05) is 30.5 Å². The fourth-order valence-corrected chi connectivity index (χ4v) is 3.47. The van der Waals surface area contributed by atoms with Crippen molar-refractivity contribution in [3.8, 4) is 0 Å². The van der Waals surface area contributed by atoms with Crippen molar-refractivity contribution in [2.75, 3.05) is 19.0 Å². The van der Waals surface area contributed by atoms with E-state index >= 15 is 0 Å². The topological polar surface area (TPSA) is 67.4 Å². The molecule has 156 valence electrons. The first-order valence-electron chi connectivity index (χ1n) is 10.3. The van der Waals surface area contributed by atoms with Crippen LogP contribution in [0.1, 0.15) is 59.4 Å². The summed E-state index contributed by atoms with van der Waals surface area (Å²) in [6, 6.07) is 14.4. The third kappa shape index (κ3) is 6.43. The van der Waals surface area contributed by atoms with E-state index in [0.717, 1.165) is 24.8 Å². The summed E-state index contributed by atoms with van der Waals surface area (Å²) in [5.74, 6) is 0.148. The van der Waals surface area contributed by atoms with Gasteiger partial charge in [0.15, 0.2) is 0 Å². The fraction of sp³-hybridized carbons (Fsp3) is 0.417. The minimum absolute atomic E-state index is 0.143. The fourth-order valence-electron chi connectivity index (χ4n) is 3.47. The van der Waals surface area contributed by atoms with Crippen LogP contribution in [0.4, 0.5) is 5.69 Å². The Balaban J connectivity index is 1.99. The van der Waals surface area contributed by atoms with Crippen molar-refractivity contribution in [2.45, 2.75) is 46.1 Å². The maximum absolute atomic E-state index is 12.6. The molecule has 5 nitrogen and oxygen atoms in total. The quantitative estimate of drug-likeness (QED) is 0.605. The lowest BCUT2D eigenvalue weighted by atomic mass is 9.94. The molecule has 0 aliphatic carbocycles. The van der Waals surface area contributed by atoms with Gasteiger partial charge in [0.1, 0.15) is 0 Å². The van der Waals surface area contributed by atoms with Crippen molar-refractivity contribution >= 4 is 17.5 Å². The van der Waals surface area contributed by atoms with Crippen molar-refractivity contribution < 1.29 is 14.3 Å². The van der Waals surface area contributed by atoms with E-state index < -0.39 is 0 Å². The molecule has 0 spiro atoms. The molecule has 0 aliphatic rings. The Morgan fingerprint density at radius 3 is 2.28 bits per heavy atom. The standard InChI is InChI=1S/C24H32N2O3/c1-5-18(6-2)22(29-4)14-15-25-23(27)20-13-12-17(3)21(16-20)26-24(28)19-10-8-7-9-11-19/h7-13,16,18,22H,5-6,14-15H2,1-4H3,(H,25,27)(H,26,28)/t22-/m1/s1. The van der Waals surface area contributed by atoms with Crippen LogP contribution in [-0.4, -0.2) is 31.6 Å². The number of anilines is 1. The molecule has 2 amide bonds. The van der Waals surface area contributed by atoms with E-state index in [-0.39, 0.29) is 17.9 Å². The number of hydrogen-bond donors (Lipinski definition) is 2. The molecule has 29 heavy (non-hydrogen) atoms. The van der Waals surface area contributed by atoms with Crippen LogP contribution >= 0.6 is 0 Å². The normalized spacial score (nSPS) is 11.9. The zero-order valence-electron chi connectivity index (χ0n) is 17.8. The molecule has 2 N–H and O–H groups in total. The predicted octanol–water partition coefficient (Wildman–Crippen LogP) is 4.82. The third-order valence-electron chi connectivity index (χ3n) is 5.38. The van der Waals surface area contributed by atoms with E-state index in [4.69, 9.17) is 4.74 Å². The number of nitrogens with one attached hydrogen (secondary N) is 2. The van der Waals surface area contributed by atoms with E-state index in [1.54, 1.807) is 31.4 Å². The average Bonchev–Trinajstić information content (AvgIpc) is 2.75. The number of rotatable bonds is 10. The molecule has 0 fully saturated rings. The van der Waals surface area contributed by atoms with E-state index in [1.165, 1.54) is 0 Å². The van der Waals surface area contributed by atoms with Gasteiger partial charge in [0.25, 0.3) is 11.8 Å². The summed E-state index contributed by atoms with van der Waals surface area (Å²) in [6.07, 6.45) is 3.04. The molecule has 0 bridgehead atoms. The highest BCUT2D eigenvalue weighted by Crippen LogP contribution is 2.20. The molecule has 0 heterocycles. The van der Waals surface area contributed by atoms with Crippen molar-refractivity contribution in [1.29, 1.82) is 0 Å². The Hall–Kier alpha value is -2.66. The summed E-state index contributed by atoms with van der Waals surface area (Å²) in [7, 11) is 1.73. The van der Waals surface area contributed by atoms with E-state index in [9.17, 15) is 9.59 Å². The molecular formula is C24H32N2O3. The smallest absolute Gasteiger partial charge is 0.255 e. The molecule has 2 aromatic carbocycles. The molecule has 0 aromatic heterocycles. The monoisotopic (exact) mass is 396 g/mol. The Morgan fingerprint density at radius 2 is 1.66 bits per heavy atom.